The molecule has 5 heteroatoms. The van der Waals surface area contributed by atoms with E-state index in [2.05, 4.69) is 0 Å². The maximum absolute atomic E-state index is 11.4. The molecule has 1 amide bonds. The maximum Gasteiger partial charge on any atom is 0.416 e. The first-order valence-electron chi connectivity index (χ1n) is 3.98. The topological polar surface area (TPSA) is 55.6 Å². The van der Waals surface area contributed by atoms with Crippen LogP contribution in [-0.4, -0.2) is 22.5 Å². The van der Waals surface area contributed by atoms with Gasteiger partial charge < -0.3 is 10.5 Å². The third-order valence-corrected chi connectivity index (χ3v) is 2.15. The molecule has 0 bridgehead atoms. The molecule has 4 nitrogen and oxygen atoms in total. The van der Waals surface area contributed by atoms with Gasteiger partial charge in [0, 0.05) is 5.41 Å². The molecular weight excluding hydrogens is 188 g/mol. The third kappa shape index (κ3) is 2.84. The van der Waals surface area contributed by atoms with Crippen molar-refractivity contribution in [2.24, 2.45) is 5.73 Å². The molecule has 1 rings (SSSR count). The molecule has 1 heterocycles. The summed E-state index contributed by atoms with van der Waals surface area (Å²) >= 11 is 1.48. The molecule has 0 aromatic heterocycles. The molecule has 0 spiro atoms. The molecule has 0 fully saturated rings. The Balaban J connectivity index is 2.54. The van der Waals surface area contributed by atoms with Gasteiger partial charge in [-0.15, -0.1) is 11.8 Å². The van der Waals surface area contributed by atoms with Crippen LogP contribution < -0.4 is 5.73 Å². The molecule has 0 saturated carbocycles. The summed E-state index contributed by atoms with van der Waals surface area (Å²) in [5.74, 6) is 1.00. The zero-order valence-corrected chi connectivity index (χ0v) is 8.85. The summed E-state index contributed by atoms with van der Waals surface area (Å²) in [6.07, 6.45) is -0.383. The lowest BCUT2D eigenvalue weighted by atomic mass is 10.2. The number of hydrogen-bond acceptors (Lipinski definition) is 4. The van der Waals surface area contributed by atoms with Gasteiger partial charge in [0.15, 0.2) is 0 Å². The number of nitrogens with two attached hydrogens (primary N) is 1. The van der Waals surface area contributed by atoms with Gasteiger partial charge in [0.1, 0.15) is 11.4 Å². The monoisotopic (exact) mass is 202 g/mol. The average molecular weight is 202 g/mol. The highest BCUT2D eigenvalue weighted by Crippen LogP contribution is 2.21. The van der Waals surface area contributed by atoms with Crippen molar-refractivity contribution in [1.29, 1.82) is 0 Å². The summed E-state index contributed by atoms with van der Waals surface area (Å²) in [7, 11) is 0. The van der Waals surface area contributed by atoms with Crippen molar-refractivity contribution in [1.82, 2.24) is 4.90 Å². The van der Waals surface area contributed by atoms with E-state index >= 15 is 0 Å². The van der Waals surface area contributed by atoms with Crippen molar-refractivity contribution < 1.29 is 9.53 Å². The van der Waals surface area contributed by atoms with Crippen LogP contribution in [0.4, 0.5) is 4.79 Å². The molecule has 0 unspecified atom stereocenters. The van der Waals surface area contributed by atoms with Crippen LogP contribution >= 0.6 is 11.8 Å². The lowest BCUT2D eigenvalue weighted by Crippen LogP contribution is -2.36. The van der Waals surface area contributed by atoms with Crippen LogP contribution in [0.15, 0.2) is 11.2 Å². The molecule has 1 aliphatic heterocycles. The van der Waals surface area contributed by atoms with Crippen molar-refractivity contribution in [2.45, 2.75) is 26.4 Å². The first-order chi connectivity index (χ1) is 5.90. The predicted molar refractivity (Wildman–Crippen MR) is 52.8 cm³/mol. The van der Waals surface area contributed by atoms with E-state index in [1.165, 1.54) is 16.7 Å². The van der Waals surface area contributed by atoms with Crippen molar-refractivity contribution in [2.75, 3.05) is 5.88 Å². The highest BCUT2D eigenvalue weighted by atomic mass is 32.2. The van der Waals surface area contributed by atoms with Crippen molar-refractivity contribution >= 4 is 17.9 Å². The molecule has 0 aromatic rings. The lowest BCUT2D eigenvalue weighted by molar-refractivity contribution is 0.0346. The Kier molecular flexibility index (Phi) is 2.75. The van der Waals surface area contributed by atoms with Gasteiger partial charge in [0.25, 0.3) is 0 Å². The van der Waals surface area contributed by atoms with Crippen LogP contribution in [0.2, 0.25) is 0 Å². The van der Waals surface area contributed by atoms with Crippen molar-refractivity contribution in [3.8, 4) is 0 Å². The molecular formula is C8H14N2O2S. The minimum Gasteiger partial charge on any atom is -0.443 e. The first-order valence-corrected chi connectivity index (χ1v) is 5.03. The summed E-state index contributed by atoms with van der Waals surface area (Å²) in [6, 6.07) is 0. The quantitative estimate of drug-likeness (QED) is 0.649. The van der Waals surface area contributed by atoms with Crippen LogP contribution in [0.1, 0.15) is 20.8 Å². The van der Waals surface area contributed by atoms with Crippen molar-refractivity contribution in [3.05, 3.63) is 11.2 Å². The normalized spacial score (nSPS) is 17.2. The predicted octanol–water partition coefficient (Wildman–Crippen LogP) is 1.69. The first kappa shape index (κ1) is 10.2. The Morgan fingerprint density at radius 1 is 1.69 bits per heavy atom. The largest absolute Gasteiger partial charge is 0.443 e. The van der Waals surface area contributed by atoms with Crippen LogP contribution in [-0.2, 0) is 4.74 Å². The summed E-state index contributed by atoms with van der Waals surface area (Å²) in [4.78, 5) is 12.9. The van der Waals surface area contributed by atoms with Crippen LogP contribution in [0.25, 0.3) is 0 Å². The van der Waals surface area contributed by atoms with Gasteiger partial charge in [-0.1, -0.05) is 0 Å². The summed E-state index contributed by atoms with van der Waals surface area (Å²) in [6.45, 7) is 5.48. The molecule has 0 saturated heterocycles. The Morgan fingerprint density at radius 3 is 2.69 bits per heavy atom. The van der Waals surface area contributed by atoms with Crippen LogP contribution in [0, 0.1) is 0 Å². The van der Waals surface area contributed by atoms with E-state index in [4.69, 9.17) is 10.5 Å². The minimum absolute atomic E-state index is 0.383. The third-order valence-electron chi connectivity index (χ3n) is 1.33. The van der Waals surface area contributed by atoms with Gasteiger partial charge in [0.05, 0.1) is 5.88 Å². The number of hydrogen-bond donors (Lipinski definition) is 1. The number of nitrogens with zero attached hydrogens (tertiary/aromatic N) is 1. The van der Waals surface area contributed by atoms with E-state index in [0.29, 0.717) is 11.7 Å². The summed E-state index contributed by atoms with van der Waals surface area (Å²) < 4.78 is 5.14. The van der Waals surface area contributed by atoms with Crippen molar-refractivity contribution in [3.63, 3.8) is 0 Å². The Bertz CT molecular complexity index is 245. The minimum atomic E-state index is -0.468. The molecule has 2 N–H and O–H groups in total. The zero-order chi connectivity index (χ0) is 10.1. The van der Waals surface area contributed by atoms with E-state index in [0.717, 1.165) is 0 Å². The Morgan fingerprint density at radius 2 is 2.31 bits per heavy atom. The fourth-order valence-corrected chi connectivity index (χ4v) is 1.59. The molecule has 0 aromatic carbocycles. The van der Waals surface area contributed by atoms with Gasteiger partial charge >= 0.3 is 6.09 Å². The van der Waals surface area contributed by atoms with Crippen LogP contribution in [0.5, 0.6) is 0 Å². The van der Waals surface area contributed by atoms with E-state index < -0.39 is 5.60 Å². The molecule has 13 heavy (non-hydrogen) atoms. The number of carbonyl (C=O) groups excluding carboxylic acids is 1. The van der Waals surface area contributed by atoms with Gasteiger partial charge in [0.2, 0.25) is 0 Å². The average Bonchev–Trinajstić information content (AvgIpc) is 2.30. The van der Waals surface area contributed by atoms with E-state index in [1.807, 2.05) is 20.8 Å². The Labute approximate surface area is 82.1 Å². The lowest BCUT2D eigenvalue weighted by Gasteiger charge is -2.24. The zero-order valence-electron chi connectivity index (χ0n) is 8.03. The highest BCUT2D eigenvalue weighted by Gasteiger charge is 2.25. The summed E-state index contributed by atoms with van der Waals surface area (Å²) in [5.41, 5.74) is 5.10. The van der Waals surface area contributed by atoms with E-state index in [-0.39, 0.29) is 6.09 Å². The molecule has 0 radical (unpaired) electrons. The smallest absolute Gasteiger partial charge is 0.416 e. The number of ether oxygens (including phenoxy) is 1. The molecule has 0 atom stereocenters. The second kappa shape index (κ2) is 3.49. The molecule has 74 valence electrons. The standard InChI is InChI=1S/C8H14N2O2S/c1-8(2,3)12-7(11)10-5-13-4-6(10)9/h4H,5,9H2,1-3H3. The molecule has 0 aliphatic carbocycles. The van der Waals surface area contributed by atoms with Gasteiger partial charge in [-0.25, -0.2) is 4.79 Å². The van der Waals surface area contributed by atoms with E-state index in [1.54, 1.807) is 5.41 Å². The maximum atomic E-state index is 11.4. The SMILES string of the molecule is CC(C)(C)OC(=O)N1CSC=C1N. The molecule has 1 aliphatic rings. The van der Waals surface area contributed by atoms with Gasteiger partial charge in [-0.2, -0.15) is 0 Å². The van der Waals surface area contributed by atoms with E-state index in [9.17, 15) is 4.79 Å². The Hall–Kier alpha value is -0.840. The second-order valence-electron chi connectivity index (χ2n) is 3.75. The number of amides is 1. The second-order valence-corrected chi connectivity index (χ2v) is 4.57. The highest BCUT2D eigenvalue weighted by molar-refractivity contribution is 8.02. The fraction of sp³-hybridized carbons (Fsp3) is 0.625. The van der Waals surface area contributed by atoms with Gasteiger partial charge in [-0.05, 0) is 20.8 Å². The number of carbonyl (C=O) groups is 1. The number of thioether (sulfide) groups is 1. The fourth-order valence-electron chi connectivity index (χ4n) is 0.810. The van der Waals surface area contributed by atoms with Crippen LogP contribution in [0.3, 0.4) is 0 Å². The summed E-state index contributed by atoms with van der Waals surface area (Å²) in [5, 5.41) is 1.74. The number of rotatable bonds is 0. The van der Waals surface area contributed by atoms with Gasteiger partial charge in [-0.3, -0.25) is 4.90 Å².